The predicted molar refractivity (Wildman–Crippen MR) is 107 cm³/mol. The van der Waals surface area contributed by atoms with Crippen molar-refractivity contribution in [2.45, 2.75) is 12.8 Å². The Morgan fingerprint density at radius 3 is 2.48 bits per heavy atom. The van der Waals surface area contributed by atoms with E-state index in [9.17, 15) is 18.4 Å². The summed E-state index contributed by atoms with van der Waals surface area (Å²) in [5.74, 6) is -1.40. The smallest absolute Gasteiger partial charge is 0.317 e. The summed E-state index contributed by atoms with van der Waals surface area (Å²) in [4.78, 5) is 28.4. The Bertz CT molecular complexity index is 894. The Kier molecular flexibility index (Phi) is 7.04. The van der Waals surface area contributed by atoms with Crippen molar-refractivity contribution < 1.29 is 18.4 Å². The van der Waals surface area contributed by atoms with E-state index in [2.05, 4.69) is 5.32 Å². The molecule has 0 aliphatic carbocycles. The highest BCUT2D eigenvalue weighted by Crippen LogP contribution is 2.18. The second-order valence-electron chi connectivity index (χ2n) is 6.83. The highest BCUT2D eigenvalue weighted by molar-refractivity contribution is 6.33. The summed E-state index contributed by atoms with van der Waals surface area (Å²) in [6.45, 7) is 2.09. The fourth-order valence-electron chi connectivity index (χ4n) is 3.27. The third kappa shape index (κ3) is 5.44. The molecule has 0 aromatic heterocycles. The van der Waals surface area contributed by atoms with Crippen molar-refractivity contribution in [1.82, 2.24) is 15.1 Å². The monoisotopic (exact) mass is 421 g/mol. The molecule has 5 nitrogen and oxygen atoms in total. The maximum atomic E-state index is 13.7. The van der Waals surface area contributed by atoms with Gasteiger partial charge in [0.05, 0.1) is 10.6 Å². The Hall–Kier alpha value is -2.67. The van der Waals surface area contributed by atoms with Gasteiger partial charge in [-0.3, -0.25) is 4.79 Å². The lowest BCUT2D eigenvalue weighted by atomic mass is 10.1. The molecule has 154 valence electrons. The lowest BCUT2D eigenvalue weighted by Crippen LogP contribution is -2.43. The number of benzene rings is 2. The number of urea groups is 1. The predicted octanol–water partition coefficient (Wildman–Crippen LogP) is 3.72. The summed E-state index contributed by atoms with van der Waals surface area (Å²) in [6, 6.07) is 10.0. The molecule has 1 aliphatic heterocycles. The fraction of sp³-hybridized carbons (Fsp3) is 0.333. The van der Waals surface area contributed by atoms with Crippen molar-refractivity contribution in [3.63, 3.8) is 0 Å². The van der Waals surface area contributed by atoms with Crippen LogP contribution in [0.2, 0.25) is 5.02 Å². The zero-order chi connectivity index (χ0) is 20.8. The van der Waals surface area contributed by atoms with Gasteiger partial charge in [-0.25, -0.2) is 13.6 Å². The van der Waals surface area contributed by atoms with Gasteiger partial charge >= 0.3 is 6.03 Å². The fourth-order valence-corrected chi connectivity index (χ4v) is 3.49. The minimum Gasteiger partial charge on any atom is -0.338 e. The van der Waals surface area contributed by atoms with Crippen LogP contribution < -0.4 is 5.32 Å². The molecular weight excluding hydrogens is 400 g/mol. The summed E-state index contributed by atoms with van der Waals surface area (Å²) in [5.41, 5.74) is 0.799. The van der Waals surface area contributed by atoms with Crippen molar-refractivity contribution in [3.8, 4) is 0 Å². The van der Waals surface area contributed by atoms with Crippen LogP contribution >= 0.6 is 11.6 Å². The zero-order valence-corrected chi connectivity index (χ0v) is 16.6. The molecule has 3 amide bonds. The molecule has 1 N–H and O–H groups in total. The second kappa shape index (κ2) is 9.69. The quantitative estimate of drug-likeness (QED) is 0.818. The number of hydrogen-bond acceptors (Lipinski definition) is 2. The number of rotatable bonds is 4. The third-order valence-electron chi connectivity index (χ3n) is 4.86. The van der Waals surface area contributed by atoms with E-state index in [4.69, 9.17) is 11.6 Å². The topological polar surface area (TPSA) is 52.7 Å². The van der Waals surface area contributed by atoms with Gasteiger partial charge in [-0.15, -0.1) is 0 Å². The largest absolute Gasteiger partial charge is 0.338 e. The van der Waals surface area contributed by atoms with Gasteiger partial charge in [0, 0.05) is 38.8 Å². The molecule has 29 heavy (non-hydrogen) atoms. The summed E-state index contributed by atoms with van der Waals surface area (Å²) in [5, 5.41) is 3.16. The van der Waals surface area contributed by atoms with Gasteiger partial charge in [-0.2, -0.15) is 0 Å². The molecule has 8 heteroatoms. The standard InChI is InChI=1S/C21H22ClF2N3O2/c22-18-5-2-1-4-17(18)20(28)26-10-3-11-27(13-12-26)21(29)25-9-8-15-6-7-16(23)14-19(15)24/h1-2,4-7,14H,3,8-13H2,(H,25,29). The Labute approximate surface area is 173 Å². The van der Waals surface area contributed by atoms with Crippen LogP contribution in [0, 0.1) is 11.6 Å². The molecule has 0 saturated carbocycles. The van der Waals surface area contributed by atoms with Crippen molar-refractivity contribution in [2.24, 2.45) is 0 Å². The van der Waals surface area contributed by atoms with Crippen molar-refractivity contribution >= 4 is 23.5 Å². The average Bonchev–Trinajstić information content (AvgIpc) is 2.96. The number of halogens is 3. The highest BCUT2D eigenvalue weighted by Gasteiger charge is 2.23. The first-order valence-corrected chi connectivity index (χ1v) is 9.84. The molecule has 0 bridgehead atoms. The van der Waals surface area contributed by atoms with Crippen molar-refractivity contribution in [2.75, 3.05) is 32.7 Å². The minimum absolute atomic E-state index is 0.148. The molecule has 0 radical (unpaired) electrons. The molecule has 1 saturated heterocycles. The third-order valence-corrected chi connectivity index (χ3v) is 5.19. The summed E-state index contributed by atoms with van der Waals surface area (Å²) >= 11 is 6.12. The molecule has 1 fully saturated rings. The van der Waals surface area contributed by atoms with Crippen LogP contribution in [0.3, 0.4) is 0 Å². The van der Waals surface area contributed by atoms with Crippen LogP contribution in [0.25, 0.3) is 0 Å². The average molecular weight is 422 g/mol. The van der Waals surface area contributed by atoms with Crippen molar-refractivity contribution in [3.05, 3.63) is 70.2 Å². The molecule has 0 spiro atoms. The normalized spacial score (nSPS) is 14.4. The number of carbonyl (C=O) groups excluding carboxylic acids is 2. The van der Waals surface area contributed by atoms with E-state index in [1.807, 2.05) is 0 Å². The molecule has 2 aromatic carbocycles. The molecule has 1 heterocycles. The van der Waals surface area contributed by atoms with E-state index in [1.165, 1.54) is 12.1 Å². The van der Waals surface area contributed by atoms with E-state index in [0.717, 1.165) is 6.07 Å². The highest BCUT2D eigenvalue weighted by atomic mass is 35.5. The molecule has 3 rings (SSSR count). The van der Waals surface area contributed by atoms with Gasteiger partial charge in [-0.1, -0.05) is 29.8 Å². The Balaban J connectivity index is 1.50. The lowest BCUT2D eigenvalue weighted by molar-refractivity contribution is 0.0762. The maximum absolute atomic E-state index is 13.7. The maximum Gasteiger partial charge on any atom is 0.317 e. The van der Waals surface area contributed by atoms with E-state index in [0.29, 0.717) is 48.7 Å². The molecule has 0 atom stereocenters. The minimum atomic E-state index is -0.629. The Morgan fingerprint density at radius 2 is 1.72 bits per heavy atom. The molecular formula is C21H22ClF2N3O2. The SMILES string of the molecule is O=C(NCCc1ccc(F)cc1F)N1CCCN(C(=O)c2ccccc2Cl)CC1. The number of nitrogens with one attached hydrogen (secondary N) is 1. The van der Waals surface area contributed by atoms with Crippen LogP contribution in [-0.4, -0.2) is 54.5 Å². The van der Waals surface area contributed by atoms with Gasteiger partial charge in [0.15, 0.2) is 0 Å². The second-order valence-corrected chi connectivity index (χ2v) is 7.24. The summed E-state index contributed by atoms with van der Waals surface area (Å²) < 4.78 is 26.6. The number of amides is 3. The van der Waals surface area contributed by atoms with Gasteiger partial charge in [0.1, 0.15) is 11.6 Å². The lowest BCUT2D eigenvalue weighted by Gasteiger charge is -2.23. The van der Waals surface area contributed by atoms with Gasteiger partial charge < -0.3 is 15.1 Å². The van der Waals surface area contributed by atoms with Crippen LogP contribution in [0.1, 0.15) is 22.3 Å². The number of hydrogen-bond donors (Lipinski definition) is 1. The van der Waals surface area contributed by atoms with Gasteiger partial charge in [0.2, 0.25) is 0 Å². The molecule has 1 aliphatic rings. The summed E-state index contributed by atoms with van der Waals surface area (Å²) in [7, 11) is 0. The zero-order valence-electron chi connectivity index (χ0n) is 15.8. The van der Waals surface area contributed by atoms with E-state index >= 15 is 0 Å². The van der Waals surface area contributed by atoms with Crippen LogP contribution in [0.5, 0.6) is 0 Å². The van der Waals surface area contributed by atoms with Crippen LogP contribution in [0.15, 0.2) is 42.5 Å². The van der Waals surface area contributed by atoms with Gasteiger partial charge in [0.25, 0.3) is 5.91 Å². The van der Waals surface area contributed by atoms with Crippen LogP contribution in [-0.2, 0) is 6.42 Å². The Morgan fingerprint density at radius 1 is 1.00 bits per heavy atom. The van der Waals surface area contributed by atoms with Gasteiger partial charge in [-0.05, 0) is 36.6 Å². The van der Waals surface area contributed by atoms with E-state index in [-0.39, 0.29) is 24.9 Å². The number of carbonyl (C=O) groups is 2. The first-order valence-electron chi connectivity index (χ1n) is 9.46. The first kappa shape index (κ1) is 21.0. The van der Waals surface area contributed by atoms with Crippen LogP contribution in [0.4, 0.5) is 13.6 Å². The molecule has 0 unspecified atom stereocenters. The van der Waals surface area contributed by atoms with E-state index in [1.54, 1.807) is 34.1 Å². The van der Waals surface area contributed by atoms with Crippen molar-refractivity contribution in [1.29, 1.82) is 0 Å². The summed E-state index contributed by atoms with van der Waals surface area (Å²) in [6.07, 6.45) is 0.916. The number of nitrogens with zero attached hydrogens (tertiary/aromatic N) is 2. The first-order chi connectivity index (χ1) is 14.0. The van der Waals surface area contributed by atoms with E-state index < -0.39 is 11.6 Å². The molecule has 2 aromatic rings.